The average Bonchev–Trinajstić information content (AvgIpc) is 2.40. The van der Waals surface area contributed by atoms with Crippen LogP contribution in [0.5, 0.6) is 5.75 Å². The third-order valence-electron chi connectivity index (χ3n) is 3.60. The summed E-state index contributed by atoms with van der Waals surface area (Å²) in [6.45, 7) is 5.04. The van der Waals surface area contributed by atoms with E-state index in [2.05, 4.69) is 30.0 Å². The fourth-order valence-electron chi connectivity index (χ4n) is 2.49. The van der Waals surface area contributed by atoms with Crippen LogP contribution in [0.1, 0.15) is 24.0 Å². The Morgan fingerprint density at radius 2 is 2.11 bits per heavy atom. The third-order valence-corrected chi connectivity index (χ3v) is 3.60. The number of nitriles is 1. The van der Waals surface area contributed by atoms with Crippen molar-refractivity contribution in [3.8, 4) is 11.8 Å². The Hall–Kier alpha value is -1.53. The molecule has 0 amide bonds. The minimum absolute atomic E-state index is 0.251. The number of rotatable bonds is 3. The predicted octanol–water partition coefficient (Wildman–Crippen LogP) is 2.74. The highest BCUT2D eigenvalue weighted by Gasteiger charge is 2.19. The van der Waals surface area contributed by atoms with Gasteiger partial charge in [-0.15, -0.1) is 0 Å². The van der Waals surface area contributed by atoms with Gasteiger partial charge in [0.1, 0.15) is 5.75 Å². The van der Waals surface area contributed by atoms with Crippen molar-refractivity contribution in [2.24, 2.45) is 5.92 Å². The van der Waals surface area contributed by atoms with Gasteiger partial charge in [-0.25, -0.2) is 0 Å². The lowest BCUT2D eigenvalue weighted by molar-refractivity contribution is 0.196. The first kappa shape index (κ1) is 12.9. The molecule has 0 aliphatic carbocycles. The number of nitrogens with zero attached hydrogens (tertiary/aromatic N) is 2. The summed E-state index contributed by atoms with van der Waals surface area (Å²) in [5.41, 5.74) is 2.51. The molecule has 1 heterocycles. The molecule has 18 heavy (non-hydrogen) atoms. The first-order valence-corrected chi connectivity index (χ1v) is 6.48. The lowest BCUT2D eigenvalue weighted by atomic mass is 9.98. The maximum absolute atomic E-state index is 8.90. The molecule has 1 aliphatic heterocycles. The van der Waals surface area contributed by atoms with Crippen molar-refractivity contribution in [1.29, 1.82) is 5.26 Å². The smallest absolute Gasteiger partial charge is 0.123 e. The van der Waals surface area contributed by atoms with Gasteiger partial charge < -0.3 is 4.74 Å². The molecule has 3 nitrogen and oxygen atoms in total. The predicted molar refractivity (Wildman–Crippen MR) is 71.3 cm³/mol. The lowest BCUT2D eigenvalue weighted by Crippen LogP contribution is -2.32. The summed E-state index contributed by atoms with van der Waals surface area (Å²) < 4.78 is 5.41. The Kier molecular flexibility index (Phi) is 4.22. The molecule has 2 rings (SSSR count). The standard InChI is InChI=1S/C15H20N2O/c1-12-3-4-15(18-2)14(9-12)11-17-7-5-13(10-16)6-8-17/h3-4,9,13H,5-8,11H2,1-2H3. The monoisotopic (exact) mass is 244 g/mol. The minimum atomic E-state index is 0.251. The van der Waals surface area contributed by atoms with Crippen LogP contribution in [0.2, 0.25) is 0 Å². The second kappa shape index (κ2) is 5.88. The van der Waals surface area contributed by atoms with Crippen LogP contribution in [0.15, 0.2) is 18.2 Å². The molecule has 0 bridgehead atoms. The summed E-state index contributed by atoms with van der Waals surface area (Å²) in [5.74, 6) is 1.21. The van der Waals surface area contributed by atoms with Crippen molar-refractivity contribution in [2.75, 3.05) is 20.2 Å². The van der Waals surface area contributed by atoms with E-state index in [0.717, 1.165) is 38.2 Å². The normalized spacial score (nSPS) is 17.4. The average molecular weight is 244 g/mol. The number of hydrogen-bond donors (Lipinski definition) is 0. The van der Waals surface area contributed by atoms with Crippen molar-refractivity contribution in [3.63, 3.8) is 0 Å². The van der Waals surface area contributed by atoms with Gasteiger partial charge in [0.2, 0.25) is 0 Å². The van der Waals surface area contributed by atoms with E-state index in [4.69, 9.17) is 10.00 Å². The molecule has 96 valence electrons. The first-order chi connectivity index (χ1) is 8.72. The number of likely N-dealkylation sites (tertiary alicyclic amines) is 1. The van der Waals surface area contributed by atoms with Gasteiger partial charge >= 0.3 is 0 Å². The van der Waals surface area contributed by atoms with Gasteiger partial charge in [-0.05, 0) is 38.9 Å². The van der Waals surface area contributed by atoms with Crippen molar-refractivity contribution >= 4 is 0 Å². The molecule has 0 saturated carbocycles. The second-order valence-corrected chi connectivity index (χ2v) is 4.99. The molecule has 0 spiro atoms. The fourth-order valence-corrected chi connectivity index (χ4v) is 2.49. The van der Waals surface area contributed by atoms with Gasteiger partial charge in [0.25, 0.3) is 0 Å². The van der Waals surface area contributed by atoms with Crippen LogP contribution >= 0.6 is 0 Å². The summed E-state index contributed by atoms with van der Waals surface area (Å²) in [5, 5.41) is 8.90. The topological polar surface area (TPSA) is 36.3 Å². The highest BCUT2D eigenvalue weighted by atomic mass is 16.5. The Balaban J connectivity index is 2.02. The summed E-state index contributed by atoms with van der Waals surface area (Å²) in [7, 11) is 1.72. The van der Waals surface area contributed by atoms with Gasteiger partial charge in [0.05, 0.1) is 13.2 Å². The number of piperidine rings is 1. The summed E-state index contributed by atoms with van der Waals surface area (Å²) in [4.78, 5) is 2.41. The van der Waals surface area contributed by atoms with Gasteiger partial charge in [-0.3, -0.25) is 4.90 Å². The Morgan fingerprint density at radius 3 is 2.72 bits per heavy atom. The minimum Gasteiger partial charge on any atom is -0.496 e. The maximum atomic E-state index is 8.90. The highest BCUT2D eigenvalue weighted by Crippen LogP contribution is 2.24. The van der Waals surface area contributed by atoms with E-state index in [0.29, 0.717) is 0 Å². The van der Waals surface area contributed by atoms with Crippen molar-refractivity contribution in [3.05, 3.63) is 29.3 Å². The zero-order valence-electron chi connectivity index (χ0n) is 11.1. The Bertz CT molecular complexity index is 442. The van der Waals surface area contributed by atoms with Crippen LogP contribution < -0.4 is 4.74 Å². The van der Waals surface area contributed by atoms with E-state index in [9.17, 15) is 0 Å². The van der Waals surface area contributed by atoms with E-state index in [-0.39, 0.29) is 5.92 Å². The summed E-state index contributed by atoms with van der Waals surface area (Å²) in [6.07, 6.45) is 1.98. The summed E-state index contributed by atoms with van der Waals surface area (Å²) in [6, 6.07) is 8.67. The molecule has 0 atom stereocenters. The number of methoxy groups -OCH3 is 1. The SMILES string of the molecule is COc1ccc(C)cc1CN1CCC(C#N)CC1. The zero-order chi connectivity index (χ0) is 13.0. The fraction of sp³-hybridized carbons (Fsp3) is 0.533. The molecular weight excluding hydrogens is 224 g/mol. The van der Waals surface area contributed by atoms with Crippen molar-refractivity contribution in [2.45, 2.75) is 26.3 Å². The third kappa shape index (κ3) is 3.02. The molecule has 1 aliphatic rings. The van der Waals surface area contributed by atoms with Crippen LogP contribution in [-0.2, 0) is 6.54 Å². The van der Waals surface area contributed by atoms with Gasteiger partial charge in [-0.2, -0.15) is 5.26 Å². The van der Waals surface area contributed by atoms with Gasteiger partial charge in [0.15, 0.2) is 0 Å². The van der Waals surface area contributed by atoms with E-state index >= 15 is 0 Å². The van der Waals surface area contributed by atoms with Crippen LogP contribution in [0.4, 0.5) is 0 Å². The number of ether oxygens (including phenoxy) is 1. The Morgan fingerprint density at radius 1 is 1.39 bits per heavy atom. The molecule has 1 aromatic carbocycles. The van der Waals surface area contributed by atoms with Crippen LogP contribution in [0, 0.1) is 24.2 Å². The van der Waals surface area contributed by atoms with Gasteiger partial charge in [-0.1, -0.05) is 17.7 Å². The number of benzene rings is 1. The van der Waals surface area contributed by atoms with Crippen molar-refractivity contribution in [1.82, 2.24) is 4.90 Å². The second-order valence-electron chi connectivity index (χ2n) is 4.99. The molecule has 0 unspecified atom stereocenters. The van der Waals surface area contributed by atoms with E-state index < -0.39 is 0 Å². The summed E-state index contributed by atoms with van der Waals surface area (Å²) >= 11 is 0. The molecule has 1 fully saturated rings. The first-order valence-electron chi connectivity index (χ1n) is 6.48. The number of aryl methyl sites for hydroxylation is 1. The molecular formula is C15H20N2O. The van der Waals surface area contributed by atoms with Crippen LogP contribution in [-0.4, -0.2) is 25.1 Å². The molecule has 0 aromatic heterocycles. The maximum Gasteiger partial charge on any atom is 0.123 e. The molecule has 0 N–H and O–H groups in total. The molecule has 0 radical (unpaired) electrons. The lowest BCUT2D eigenvalue weighted by Gasteiger charge is -2.29. The van der Waals surface area contributed by atoms with E-state index in [1.807, 2.05) is 6.07 Å². The molecule has 1 saturated heterocycles. The number of hydrogen-bond acceptors (Lipinski definition) is 3. The van der Waals surface area contributed by atoms with E-state index in [1.54, 1.807) is 7.11 Å². The molecule has 3 heteroatoms. The largest absolute Gasteiger partial charge is 0.496 e. The zero-order valence-corrected chi connectivity index (χ0v) is 11.1. The Labute approximate surface area is 109 Å². The molecule has 1 aromatic rings. The van der Waals surface area contributed by atoms with Crippen molar-refractivity contribution < 1.29 is 4.74 Å². The van der Waals surface area contributed by atoms with Gasteiger partial charge in [0, 0.05) is 18.0 Å². The van der Waals surface area contributed by atoms with Crippen LogP contribution in [0.25, 0.3) is 0 Å². The van der Waals surface area contributed by atoms with E-state index in [1.165, 1.54) is 11.1 Å². The quantitative estimate of drug-likeness (QED) is 0.820. The van der Waals surface area contributed by atoms with Crippen LogP contribution in [0.3, 0.4) is 0 Å². The highest BCUT2D eigenvalue weighted by molar-refractivity contribution is 5.36.